The minimum atomic E-state index is -1.07. The second-order valence-electron chi connectivity index (χ2n) is 2.96. The molecule has 0 rings (SSSR count). The highest BCUT2D eigenvalue weighted by molar-refractivity contribution is 5.90. The van der Waals surface area contributed by atoms with Gasteiger partial charge in [0.15, 0.2) is 0 Å². The summed E-state index contributed by atoms with van der Waals surface area (Å²) in [6, 6.07) is -1.07. The fourth-order valence-electron chi connectivity index (χ4n) is 0.976. The van der Waals surface area contributed by atoms with Gasteiger partial charge in [-0.05, 0) is 6.92 Å². The molecule has 0 fully saturated rings. The molecule has 7 heteroatoms. The van der Waals surface area contributed by atoms with E-state index in [1.165, 1.54) is 7.11 Å². The predicted octanol–water partition coefficient (Wildman–Crippen LogP) is -1.44. The first-order chi connectivity index (χ1) is 7.51. The number of ether oxygens (including phenoxy) is 2. The lowest BCUT2D eigenvalue weighted by molar-refractivity contribution is -0.145. The molecular weight excluding hydrogens is 216 g/mol. The van der Waals surface area contributed by atoms with E-state index in [1.807, 2.05) is 0 Å². The average Bonchev–Trinajstić information content (AvgIpc) is 2.17. The molecule has 0 heterocycles. The third-order valence-electron chi connectivity index (χ3n) is 1.63. The minimum Gasteiger partial charge on any atom is -0.466 e. The Morgan fingerprint density at radius 1 is 1.38 bits per heavy atom. The second-order valence-corrected chi connectivity index (χ2v) is 2.96. The number of esters is 1. The monoisotopic (exact) mass is 232 g/mol. The number of hydrogen-bond acceptors (Lipinski definition) is 5. The smallest absolute Gasteiger partial charge is 0.308 e. The SMILES string of the molecule is CCOC(=O)C[C@H](NC(=O)COC)C(N)=O. The van der Waals surface area contributed by atoms with E-state index in [4.69, 9.17) is 5.73 Å². The zero-order chi connectivity index (χ0) is 12.6. The lowest BCUT2D eigenvalue weighted by Crippen LogP contribution is -2.47. The molecule has 0 saturated heterocycles. The van der Waals surface area contributed by atoms with Crippen molar-refractivity contribution in [3.63, 3.8) is 0 Å². The standard InChI is InChI=1S/C9H16N2O5/c1-3-16-8(13)4-6(9(10)14)11-7(12)5-15-2/h6H,3-5H2,1-2H3,(H2,10,14)(H,11,12)/t6-/m0/s1. The van der Waals surface area contributed by atoms with Gasteiger partial charge in [-0.3, -0.25) is 14.4 Å². The van der Waals surface area contributed by atoms with Crippen molar-refractivity contribution in [2.75, 3.05) is 20.3 Å². The number of hydrogen-bond donors (Lipinski definition) is 2. The van der Waals surface area contributed by atoms with Crippen molar-refractivity contribution >= 4 is 17.8 Å². The summed E-state index contributed by atoms with van der Waals surface area (Å²) in [7, 11) is 1.34. The summed E-state index contributed by atoms with van der Waals surface area (Å²) in [5, 5.41) is 2.27. The highest BCUT2D eigenvalue weighted by atomic mass is 16.5. The zero-order valence-corrected chi connectivity index (χ0v) is 9.32. The van der Waals surface area contributed by atoms with Crippen LogP contribution in [0.1, 0.15) is 13.3 Å². The van der Waals surface area contributed by atoms with E-state index >= 15 is 0 Å². The van der Waals surface area contributed by atoms with Gasteiger partial charge < -0.3 is 20.5 Å². The van der Waals surface area contributed by atoms with Gasteiger partial charge in [-0.25, -0.2) is 0 Å². The van der Waals surface area contributed by atoms with Gasteiger partial charge in [0.2, 0.25) is 11.8 Å². The normalized spacial score (nSPS) is 11.6. The molecule has 0 aliphatic heterocycles. The van der Waals surface area contributed by atoms with Crippen LogP contribution >= 0.6 is 0 Å². The van der Waals surface area contributed by atoms with Crippen LogP contribution in [0.3, 0.4) is 0 Å². The highest BCUT2D eigenvalue weighted by Crippen LogP contribution is 1.95. The molecule has 0 aromatic carbocycles. The van der Waals surface area contributed by atoms with Crippen molar-refractivity contribution in [1.82, 2.24) is 5.32 Å². The maximum absolute atomic E-state index is 11.1. The van der Waals surface area contributed by atoms with Crippen molar-refractivity contribution in [3.05, 3.63) is 0 Å². The molecule has 1 atom stereocenters. The highest BCUT2D eigenvalue weighted by Gasteiger charge is 2.21. The van der Waals surface area contributed by atoms with E-state index in [-0.39, 0.29) is 19.6 Å². The number of carbonyl (C=O) groups excluding carboxylic acids is 3. The molecule has 0 radical (unpaired) electrons. The number of carbonyl (C=O) groups is 3. The van der Waals surface area contributed by atoms with Crippen molar-refractivity contribution in [1.29, 1.82) is 0 Å². The van der Waals surface area contributed by atoms with Gasteiger partial charge in [0.05, 0.1) is 13.0 Å². The molecule has 0 saturated carbocycles. The summed E-state index contributed by atoms with van der Waals surface area (Å²) < 4.78 is 9.19. The summed E-state index contributed by atoms with van der Waals surface area (Å²) >= 11 is 0. The Kier molecular flexibility index (Phi) is 6.86. The summed E-state index contributed by atoms with van der Waals surface area (Å²) in [5.74, 6) is -1.91. The Hall–Kier alpha value is -1.63. The van der Waals surface area contributed by atoms with E-state index < -0.39 is 23.8 Å². The van der Waals surface area contributed by atoms with Crippen LogP contribution in [-0.4, -0.2) is 44.1 Å². The van der Waals surface area contributed by atoms with Crippen molar-refractivity contribution < 1.29 is 23.9 Å². The molecule has 0 aromatic rings. The van der Waals surface area contributed by atoms with E-state index in [0.717, 1.165) is 0 Å². The molecule has 0 aliphatic carbocycles. The molecule has 7 nitrogen and oxygen atoms in total. The summed E-state index contributed by atoms with van der Waals surface area (Å²) in [4.78, 5) is 33.1. The molecule has 2 amide bonds. The maximum atomic E-state index is 11.1. The lowest BCUT2D eigenvalue weighted by Gasteiger charge is -2.14. The van der Waals surface area contributed by atoms with Gasteiger partial charge in [0.25, 0.3) is 0 Å². The van der Waals surface area contributed by atoms with Crippen LogP contribution in [0, 0.1) is 0 Å². The first-order valence-electron chi connectivity index (χ1n) is 4.74. The van der Waals surface area contributed by atoms with Gasteiger partial charge >= 0.3 is 5.97 Å². The van der Waals surface area contributed by atoms with Crippen LogP contribution in [0.5, 0.6) is 0 Å². The second kappa shape index (κ2) is 7.63. The zero-order valence-electron chi connectivity index (χ0n) is 9.32. The van der Waals surface area contributed by atoms with Crippen LogP contribution in [0.15, 0.2) is 0 Å². The number of nitrogens with one attached hydrogen (secondary N) is 1. The third-order valence-corrected chi connectivity index (χ3v) is 1.63. The largest absolute Gasteiger partial charge is 0.466 e. The van der Waals surface area contributed by atoms with Gasteiger partial charge in [-0.2, -0.15) is 0 Å². The number of rotatable bonds is 7. The Labute approximate surface area is 93.3 Å². The Morgan fingerprint density at radius 3 is 2.44 bits per heavy atom. The fraction of sp³-hybridized carbons (Fsp3) is 0.667. The van der Waals surface area contributed by atoms with E-state index in [0.29, 0.717) is 0 Å². The minimum absolute atomic E-state index is 0.202. The van der Waals surface area contributed by atoms with E-state index in [9.17, 15) is 14.4 Å². The summed E-state index contributed by atoms with van der Waals surface area (Å²) in [6.07, 6.45) is -0.279. The molecular formula is C9H16N2O5. The van der Waals surface area contributed by atoms with Crippen molar-refractivity contribution in [2.24, 2.45) is 5.73 Å². The van der Waals surface area contributed by atoms with Crippen LogP contribution in [0.25, 0.3) is 0 Å². The molecule has 3 N–H and O–H groups in total. The third kappa shape index (κ3) is 5.97. The quantitative estimate of drug-likeness (QED) is 0.522. The molecule has 0 bridgehead atoms. The number of amides is 2. The van der Waals surface area contributed by atoms with Crippen molar-refractivity contribution in [3.8, 4) is 0 Å². The number of nitrogens with two attached hydrogens (primary N) is 1. The van der Waals surface area contributed by atoms with Crippen molar-refractivity contribution in [2.45, 2.75) is 19.4 Å². The van der Waals surface area contributed by atoms with Gasteiger partial charge in [0.1, 0.15) is 12.6 Å². The predicted molar refractivity (Wildman–Crippen MR) is 54.3 cm³/mol. The molecule has 0 spiro atoms. The Morgan fingerprint density at radius 2 is 2.00 bits per heavy atom. The van der Waals surface area contributed by atoms with Gasteiger partial charge in [0, 0.05) is 7.11 Å². The fourth-order valence-corrected chi connectivity index (χ4v) is 0.976. The van der Waals surface area contributed by atoms with Crippen LogP contribution in [0.4, 0.5) is 0 Å². The average molecular weight is 232 g/mol. The summed E-state index contributed by atoms with van der Waals surface area (Å²) in [5.41, 5.74) is 5.02. The first-order valence-corrected chi connectivity index (χ1v) is 4.74. The van der Waals surface area contributed by atoms with Gasteiger partial charge in [-0.15, -0.1) is 0 Å². The van der Waals surface area contributed by atoms with E-state index in [1.54, 1.807) is 6.92 Å². The first kappa shape index (κ1) is 14.4. The Bertz CT molecular complexity index is 247. The van der Waals surface area contributed by atoms with Crippen LogP contribution in [-0.2, 0) is 23.9 Å². The molecule has 0 aliphatic rings. The molecule has 0 aromatic heterocycles. The molecule has 92 valence electrons. The van der Waals surface area contributed by atoms with Crippen LogP contribution < -0.4 is 11.1 Å². The summed E-state index contributed by atoms with van der Waals surface area (Å²) in [6.45, 7) is 1.64. The van der Waals surface area contributed by atoms with E-state index in [2.05, 4.69) is 14.8 Å². The Balaban J connectivity index is 4.22. The molecule has 0 unspecified atom stereocenters. The number of methoxy groups -OCH3 is 1. The van der Waals surface area contributed by atoms with Crippen LogP contribution in [0.2, 0.25) is 0 Å². The molecule has 16 heavy (non-hydrogen) atoms. The van der Waals surface area contributed by atoms with Gasteiger partial charge in [-0.1, -0.05) is 0 Å². The number of primary amides is 1. The maximum Gasteiger partial charge on any atom is 0.308 e. The lowest BCUT2D eigenvalue weighted by atomic mass is 10.2. The topological polar surface area (TPSA) is 108 Å².